The molecule has 0 radical (unpaired) electrons. The number of halogens is 2. The van der Waals surface area contributed by atoms with Crippen LogP contribution >= 0.6 is 34.5 Å². The number of fused-ring (bicyclic) bond motifs is 1. The maximum Gasteiger partial charge on any atom is 0.338 e. The molecule has 1 aliphatic heterocycles. The van der Waals surface area contributed by atoms with Crippen LogP contribution < -0.4 is 24.4 Å². The SMILES string of the molecule is CCOC(=O)C1=C(c2ccccc2)N=c2s/c(=C/c3cccc(OCc4ccc(Cl)c(Cl)c4)c3)c(=O)n2[C@H]1c1ccc(OC)cc1. The summed E-state index contributed by atoms with van der Waals surface area (Å²) in [6.45, 7) is 2.22. The molecule has 0 saturated heterocycles. The highest BCUT2D eigenvalue weighted by atomic mass is 35.5. The second-order valence-corrected chi connectivity index (χ2v) is 12.1. The van der Waals surface area contributed by atoms with Gasteiger partial charge in [-0.3, -0.25) is 9.36 Å². The quantitative estimate of drug-likeness (QED) is 0.161. The van der Waals surface area contributed by atoms with Crippen LogP contribution in [-0.2, 0) is 16.1 Å². The number of esters is 1. The van der Waals surface area contributed by atoms with Gasteiger partial charge in [0.1, 0.15) is 18.1 Å². The van der Waals surface area contributed by atoms with Gasteiger partial charge in [0.25, 0.3) is 5.56 Å². The zero-order valence-electron chi connectivity index (χ0n) is 24.9. The summed E-state index contributed by atoms with van der Waals surface area (Å²) in [6.07, 6.45) is 1.80. The van der Waals surface area contributed by atoms with E-state index in [1.165, 1.54) is 11.3 Å². The molecular weight excluding hydrogens is 643 g/mol. The van der Waals surface area contributed by atoms with E-state index in [9.17, 15) is 9.59 Å². The molecule has 0 spiro atoms. The maximum atomic E-state index is 14.2. The Morgan fingerprint density at radius 2 is 1.72 bits per heavy atom. The largest absolute Gasteiger partial charge is 0.497 e. The fourth-order valence-corrected chi connectivity index (χ4v) is 6.51. The second kappa shape index (κ2) is 13.8. The Morgan fingerprint density at radius 1 is 0.935 bits per heavy atom. The van der Waals surface area contributed by atoms with Crippen molar-refractivity contribution in [3.63, 3.8) is 0 Å². The van der Waals surface area contributed by atoms with Gasteiger partial charge < -0.3 is 14.2 Å². The number of carbonyl (C=O) groups is 1. The summed E-state index contributed by atoms with van der Waals surface area (Å²) in [4.78, 5) is 33.2. The minimum absolute atomic E-state index is 0.174. The van der Waals surface area contributed by atoms with Crippen LogP contribution in [0.2, 0.25) is 10.0 Å². The lowest BCUT2D eigenvalue weighted by molar-refractivity contribution is -0.138. The average molecular weight is 672 g/mol. The van der Waals surface area contributed by atoms with Gasteiger partial charge in [-0.05, 0) is 66.1 Å². The third-order valence-electron chi connectivity index (χ3n) is 7.35. The molecule has 5 aromatic rings. The van der Waals surface area contributed by atoms with Gasteiger partial charge in [0.2, 0.25) is 0 Å². The lowest BCUT2D eigenvalue weighted by atomic mass is 9.93. The molecule has 0 fully saturated rings. The third-order valence-corrected chi connectivity index (χ3v) is 9.07. The first kappa shape index (κ1) is 31.4. The highest BCUT2D eigenvalue weighted by molar-refractivity contribution is 7.07. The highest BCUT2D eigenvalue weighted by Gasteiger charge is 2.35. The van der Waals surface area contributed by atoms with Crippen LogP contribution in [0.4, 0.5) is 0 Å². The van der Waals surface area contributed by atoms with E-state index in [0.717, 1.165) is 22.3 Å². The number of ether oxygens (including phenoxy) is 3. The molecule has 7 nitrogen and oxygen atoms in total. The predicted molar refractivity (Wildman–Crippen MR) is 181 cm³/mol. The predicted octanol–water partition coefficient (Wildman–Crippen LogP) is 6.83. The number of carbonyl (C=O) groups excluding carboxylic acids is 1. The topological polar surface area (TPSA) is 79.1 Å². The molecule has 232 valence electrons. The summed E-state index contributed by atoms with van der Waals surface area (Å²) in [5, 5.41) is 0.940. The number of hydrogen-bond acceptors (Lipinski definition) is 7. The van der Waals surface area contributed by atoms with Crippen LogP contribution in [0.3, 0.4) is 0 Å². The maximum absolute atomic E-state index is 14.2. The van der Waals surface area contributed by atoms with E-state index in [4.69, 9.17) is 42.4 Å². The summed E-state index contributed by atoms with van der Waals surface area (Å²) in [7, 11) is 1.59. The fourth-order valence-electron chi connectivity index (χ4n) is 5.18. The van der Waals surface area contributed by atoms with Gasteiger partial charge in [0, 0.05) is 5.56 Å². The minimum Gasteiger partial charge on any atom is -0.497 e. The molecule has 4 aromatic carbocycles. The van der Waals surface area contributed by atoms with Crippen molar-refractivity contribution in [1.29, 1.82) is 0 Å². The number of rotatable bonds is 9. The molecule has 1 atom stereocenters. The summed E-state index contributed by atoms with van der Waals surface area (Å²) in [6, 6.07) is 28.8. The zero-order valence-corrected chi connectivity index (χ0v) is 27.2. The van der Waals surface area contributed by atoms with Crippen molar-refractivity contribution in [2.75, 3.05) is 13.7 Å². The van der Waals surface area contributed by atoms with Gasteiger partial charge in [-0.1, -0.05) is 95.2 Å². The van der Waals surface area contributed by atoms with Gasteiger partial charge in [-0.15, -0.1) is 0 Å². The number of nitrogens with zero attached hydrogens (tertiary/aromatic N) is 2. The van der Waals surface area contributed by atoms with Crippen molar-refractivity contribution in [3.05, 3.63) is 155 Å². The molecule has 1 aromatic heterocycles. The van der Waals surface area contributed by atoms with Crippen molar-refractivity contribution in [2.24, 2.45) is 4.99 Å². The van der Waals surface area contributed by atoms with Crippen LogP contribution in [-0.4, -0.2) is 24.3 Å². The molecule has 0 N–H and O–H groups in total. The molecule has 0 bridgehead atoms. The molecule has 1 aliphatic rings. The van der Waals surface area contributed by atoms with Gasteiger partial charge in [0.05, 0.1) is 45.6 Å². The van der Waals surface area contributed by atoms with Crippen LogP contribution in [0.5, 0.6) is 11.5 Å². The van der Waals surface area contributed by atoms with Crippen molar-refractivity contribution in [2.45, 2.75) is 19.6 Å². The van der Waals surface area contributed by atoms with Crippen molar-refractivity contribution in [1.82, 2.24) is 4.57 Å². The lowest BCUT2D eigenvalue weighted by Crippen LogP contribution is -2.40. The number of aromatic nitrogens is 1. The first-order valence-corrected chi connectivity index (χ1v) is 16.0. The van der Waals surface area contributed by atoms with Crippen LogP contribution in [0.15, 0.2) is 112 Å². The number of hydrogen-bond donors (Lipinski definition) is 0. The van der Waals surface area contributed by atoms with E-state index in [2.05, 4.69) is 0 Å². The van der Waals surface area contributed by atoms with Crippen molar-refractivity contribution in [3.8, 4) is 11.5 Å². The van der Waals surface area contributed by atoms with Crippen LogP contribution in [0, 0.1) is 0 Å². The van der Waals surface area contributed by atoms with E-state index in [1.807, 2.05) is 72.8 Å². The molecule has 46 heavy (non-hydrogen) atoms. The molecule has 2 heterocycles. The van der Waals surface area contributed by atoms with Gasteiger partial charge in [0.15, 0.2) is 4.80 Å². The zero-order chi connectivity index (χ0) is 32.2. The van der Waals surface area contributed by atoms with E-state index >= 15 is 0 Å². The van der Waals surface area contributed by atoms with Crippen molar-refractivity contribution < 1.29 is 19.0 Å². The molecule has 0 aliphatic carbocycles. The van der Waals surface area contributed by atoms with E-state index in [0.29, 0.717) is 43.2 Å². The normalized spacial score (nSPS) is 14.4. The van der Waals surface area contributed by atoms with Gasteiger partial charge in [-0.2, -0.15) is 0 Å². The number of methoxy groups -OCH3 is 1. The molecular formula is C36H28Cl2N2O5S. The molecule has 6 rings (SSSR count). The minimum atomic E-state index is -0.778. The Bertz CT molecular complexity index is 2120. The smallest absolute Gasteiger partial charge is 0.338 e. The first-order chi connectivity index (χ1) is 22.4. The van der Waals surface area contributed by atoms with E-state index < -0.39 is 12.0 Å². The molecule has 0 unspecified atom stereocenters. The summed E-state index contributed by atoms with van der Waals surface area (Å²) >= 11 is 13.4. The Kier molecular flexibility index (Phi) is 9.40. The summed E-state index contributed by atoms with van der Waals surface area (Å²) < 4.78 is 18.9. The van der Waals surface area contributed by atoms with Gasteiger partial charge >= 0.3 is 5.97 Å². The van der Waals surface area contributed by atoms with E-state index in [-0.39, 0.29) is 17.7 Å². The Labute approximate surface area is 279 Å². The Morgan fingerprint density at radius 3 is 2.43 bits per heavy atom. The molecule has 0 amide bonds. The fraction of sp³-hybridized carbons (Fsp3) is 0.139. The molecule has 10 heteroatoms. The van der Waals surface area contributed by atoms with Crippen LogP contribution in [0.25, 0.3) is 11.8 Å². The first-order valence-electron chi connectivity index (χ1n) is 14.5. The van der Waals surface area contributed by atoms with Crippen LogP contribution in [0.1, 0.15) is 35.2 Å². The Hall–Kier alpha value is -4.63. The lowest BCUT2D eigenvalue weighted by Gasteiger charge is -2.26. The molecule has 0 saturated carbocycles. The highest BCUT2D eigenvalue weighted by Crippen LogP contribution is 2.35. The number of thiazole rings is 1. The summed E-state index contributed by atoms with van der Waals surface area (Å²) in [5.74, 6) is 0.745. The van der Waals surface area contributed by atoms with Gasteiger partial charge in [-0.25, -0.2) is 9.79 Å². The van der Waals surface area contributed by atoms with E-state index in [1.54, 1.807) is 48.9 Å². The number of benzene rings is 4. The average Bonchev–Trinajstić information content (AvgIpc) is 3.39. The Balaban J connectivity index is 1.46. The monoisotopic (exact) mass is 670 g/mol. The van der Waals surface area contributed by atoms with Crippen molar-refractivity contribution >= 4 is 52.3 Å². The standard InChI is InChI=1S/C36H28Cl2N2O5S/c1-3-44-35(42)31-32(24-9-5-4-6-10-24)39-36-40(33(31)25-13-15-26(43-2)16-14-25)34(41)30(46-36)20-22-8-7-11-27(18-22)45-21-23-12-17-28(37)29(38)19-23/h4-20,33H,3,21H2,1-2H3/b30-20+/t33-/m0/s1. The summed E-state index contributed by atoms with van der Waals surface area (Å²) in [5.41, 5.74) is 3.58. The third kappa shape index (κ3) is 6.51. The second-order valence-electron chi connectivity index (χ2n) is 10.3.